The van der Waals surface area contributed by atoms with E-state index in [0.717, 1.165) is 14.5 Å². The third-order valence-corrected chi connectivity index (χ3v) is 4.89. The Kier molecular flexibility index (Phi) is 5.12. The third-order valence-electron chi connectivity index (χ3n) is 2.46. The van der Waals surface area contributed by atoms with Gasteiger partial charge in [0.1, 0.15) is 0 Å². The van der Waals surface area contributed by atoms with Crippen molar-refractivity contribution in [1.82, 2.24) is 0 Å². The quantitative estimate of drug-likeness (QED) is 0.569. The molecule has 0 saturated carbocycles. The molecule has 0 aliphatic rings. The lowest BCUT2D eigenvalue weighted by Crippen LogP contribution is -2.00. The normalized spacial score (nSPS) is 10.6. The van der Waals surface area contributed by atoms with E-state index in [0.29, 0.717) is 12.2 Å². The van der Waals surface area contributed by atoms with Gasteiger partial charge in [0, 0.05) is 21.2 Å². The van der Waals surface area contributed by atoms with Crippen molar-refractivity contribution in [2.75, 3.05) is 5.32 Å². The van der Waals surface area contributed by atoms with Gasteiger partial charge in [0.25, 0.3) is 0 Å². The lowest BCUT2D eigenvalue weighted by molar-refractivity contribution is 0.629. The number of halogens is 5. The molecule has 0 aromatic heterocycles. The Bertz CT molecular complexity index is 597. The van der Waals surface area contributed by atoms with Crippen LogP contribution in [0.3, 0.4) is 0 Å². The van der Waals surface area contributed by atoms with E-state index in [4.69, 9.17) is 23.2 Å². The molecule has 2 aromatic rings. The molecule has 2 aromatic carbocycles. The fourth-order valence-electron chi connectivity index (χ4n) is 1.51. The van der Waals surface area contributed by atoms with Gasteiger partial charge >= 0.3 is 0 Å². The van der Waals surface area contributed by atoms with Crippen molar-refractivity contribution < 1.29 is 4.39 Å². The molecular weight excluding hydrogens is 420 g/mol. The minimum absolute atomic E-state index is 0.00647. The van der Waals surface area contributed by atoms with E-state index in [9.17, 15) is 4.39 Å². The molecule has 0 heterocycles. The summed E-state index contributed by atoms with van der Waals surface area (Å²) < 4.78 is 15.2. The van der Waals surface area contributed by atoms with Crippen LogP contribution in [0.4, 0.5) is 10.1 Å². The van der Waals surface area contributed by atoms with Gasteiger partial charge < -0.3 is 5.32 Å². The Morgan fingerprint density at radius 1 is 1.00 bits per heavy atom. The molecule has 19 heavy (non-hydrogen) atoms. The molecule has 0 spiro atoms. The van der Waals surface area contributed by atoms with E-state index in [1.54, 1.807) is 0 Å². The van der Waals surface area contributed by atoms with Crippen molar-refractivity contribution in [3.63, 3.8) is 0 Å². The van der Waals surface area contributed by atoms with Crippen molar-refractivity contribution in [1.29, 1.82) is 0 Å². The molecule has 0 amide bonds. The second-order valence-electron chi connectivity index (χ2n) is 3.86. The Balaban J connectivity index is 2.12. The molecule has 0 aliphatic heterocycles. The maximum Gasteiger partial charge on any atom is 0.160 e. The summed E-state index contributed by atoms with van der Waals surface area (Å²) in [4.78, 5) is 0. The number of benzene rings is 2. The second kappa shape index (κ2) is 6.44. The highest BCUT2D eigenvalue weighted by Crippen LogP contribution is 2.28. The fourth-order valence-corrected chi connectivity index (χ4v) is 2.67. The van der Waals surface area contributed by atoms with Crippen LogP contribution in [-0.4, -0.2) is 0 Å². The molecule has 0 bridgehead atoms. The first-order chi connectivity index (χ1) is 8.97. The van der Waals surface area contributed by atoms with Crippen LogP contribution in [0.5, 0.6) is 0 Å². The maximum atomic E-state index is 13.3. The Morgan fingerprint density at radius 2 is 1.63 bits per heavy atom. The molecule has 0 fully saturated rings. The van der Waals surface area contributed by atoms with Crippen LogP contribution < -0.4 is 5.32 Å². The summed E-state index contributed by atoms with van der Waals surface area (Å²) in [5, 5.41) is 3.16. The SMILES string of the molecule is Fc1c(Cl)cc(NCc2ccc(Br)c(Br)c2)cc1Cl. The predicted molar refractivity (Wildman–Crippen MR) is 85.6 cm³/mol. The van der Waals surface area contributed by atoms with Crippen LogP contribution in [0.25, 0.3) is 0 Å². The van der Waals surface area contributed by atoms with Gasteiger partial charge in [0.05, 0.1) is 10.0 Å². The molecule has 100 valence electrons. The van der Waals surface area contributed by atoms with Crippen LogP contribution >= 0.6 is 55.1 Å². The van der Waals surface area contributed by atoms with Gasteiger partial charge in [-0.05, 0) is 61.7 Å². The van der Waals surface area contributed by atoms with Gasteiger partial charge in [0.15, 0.2) is 5.82 Å². The average Bonchev–Trinajstić information content (AvgIpc) is 2.37. The highest BCUT2D eigenvalue weighted by atomic mass is 79.9. The van der Waals surface area contributed by atoms with E-state index in [-0.39, 0.29) is 10.0 Å². The molecule has 6 heteroatoms. The van der Waals surface area contributed by atoms with Gasteiger partial charge in [-0.1, -0.05) is 29.3 Å². The zero-order chi connectivity index (χ0) is 14.0. The largest absolute Gasteiger partial charge is 0.381 e. The van der Waals surface area contributed by atoms with Crippen LogP contribution in [0.15, 0.2) is 39.3 Å². The maximum absolute atomic E-state index is 13.3. The zero-order valence-electron chi connectivity index (χ0n) is 9.48. The summed E-state index contributed by atoms with van der Waals surface area (Å²) in [5.41, 5.74) is 1.75. The number of hydrogen-bond acceptors (Lipinski definition) is 1. The smallest absolute Gasteiger partial charge is 0.160 e. The number of rotatable bonds is 3. The van der Waals surface area contributed by atoms with Gasteiger partial charge in [-0.3, -0.25) is 0 Å². The van der Waals surface area contributed by atoms with E-state index in [1.165, 1.54) is 12.1 Å². The summed E-state index contributed by atoms with van der Waals surface area (Å²) in [6.45, 7) is 0.587. The first kappa shape index (κ1) is 15.1. The van der Waals surface area contributed by atoms with Gasteiger partial charge in [-0.2, -0.15) is 0 Å². The van der Waals surface area contributed by atoms with E-state index >= 15 is 0 Å². The first-order valence-corrected chi connectivity index (χ1v) is 7.64. The van der Waals surface area contributed by atoms with Crippen molar-refractivity contribution in [2.24, 2.45) is 0 Å². The van der Waals surface area contributed by atoms with Crippen LogP contribution in [-0.2, 0) is 6.54 Å². The predicted octanol–water partition coefficient (Wildman–Crippen LogP) is 6.27. The van der Waals surface area contributed by atoms with Crippen molar-refractivity contribution in [2.45, 2.75) is 6.54 Å². The second-order valence-corrected chi connectivity index (χ2v) is 6.38. The van der Waals surface area contributed by atoms with Crippen molar-refractivity contribution >= 4 is 60.7 Å². The van der Waals surface area contributed by atoms with E-state index < -0.39 is 5.82 Å². The molecule has 0 aliphatic carbocycles. The Labute approximate surface area is 137 Å². The minimum Gasteiger partial charge on any atom is -0.381 e. The van der Waals surface area contributed by atoms with Gasteiger partial charge in [0.2, 0.25) is 0 Å². The Morgan fingerprint density at radius 3 is 2.21 bits per heavy atom. The first-order valence-electron chi connectivity index (χ1n) is 5.29. The lowest BCUT2D eigenvalue weighted by atomic mass is 10.2. The monoisotopic (exact) mass is 425 g/mol. The fraction of sp³-hybridized carbons (Fsp3) is 0.0769. The summed E-state index contributed by atoms with van der Waals surface area (Å²) in [7, 11) is 0. The molecular formula is C13H8Br2Cl2FN. The molecule has 1 nitrogen and oxygen atoms in total. The summed E-state index contributed by atoms with van der Waals surface area (Å²) in [6.07, 6.45) is 0. The molecule has 0 saturated heterocycles. The summed E-state index contributed by atoms with van der Waals surface area (Å²) in [6, 6.07) is 8.94. The van der Waals surface area contributed by atoms with Crippen molar-refractivity contribution in [3.05, 3.63) is 60.7 Å². The topological polar surface area (TPSA) is 12.0 Å². The highest BCUT2D eigenvalue weighted by molar-refractivity contribution is 9.13. The van der Waals surface area contributed by atoms with Gasteiger partial charge in [-0.15, -0.1) is 0 Å². The average molecular weight is 428 g/mol. The lowest BCUT2D eigenvalue weighted by Gasteiger charge is -2.09. The molecule has 0 atom stereocenters. The van der Waals surface area contributed by atoms with Crippen LogP contribution in [0.1, 0.15) is 5.56 Å². The highest BCUT2D eigenvalue weighted by Gasteiger charge is 2.07. The van der Waals surface area contributed by atoms with Gasteiger partial charge in [-0.25, -0.2) is 4.39 Å². The number of nitrogens with one attached hydrogen (secondary N) is 1. The van der Waals surface area contributed by atoms with Crippen LogP contribution in [0, 0.1) is 5.82 Å². The number of anilines is 1. The molecule has 1 N–H and O–H groups in total. The van der Waals surface area contributed by atoms with E-state index in [1.807, 2.05) is 18.2 Å². The summed E-state index contributed by atoms with van der Waals surface area (Å²) in [5.74, 6) is -0.597. The standard InChI is InChI=1S/C13H8Br2Cl2FN/c14-9-2-1-7(3-10(9)15)6-19-8-4-11(16)13(18)12(17)5-8/h1-5,19H,6H2. The number of hydrogen-bond donors (Lipinski definition) is 1. The summed E-state index contributed by atoms with van der Waals surface area (Å²) >= 11 is 18.3. The minimum atomic E-state index is -0.597. The van der Waals surface area contributed by atoms with Crippen LogP contribution in [0.2, 0.25) is 10.0 Å². The van der Waals surface area contributed by atoms with Crippen molar-refractivity contribution in [3.8, 4) is 0 Å². The molecule has 0 unspecified atom stereocenters. The Hall–Kier alpha value is -0.290. The molecule has 2 rings (SSSR count). The zero-order valence-corrected chi connectivity index (χ0v) is 14.2. The molecule has 0 radical (unpaired) electrons. The third kappa shape index (κ3) is 3.85. The van der Waals surface area contributed by atoms with E-state index in [2.05, 4.69) is 37.2 Å².